The smallest absolute Gasteiger partial charge is 0.339 e. The first-order valence-corrected chi connectivity index (χ1v) is 12.0. The van der Waals surface area contributed by atoms with Crippen molar-refractivity contribution in [2.75, 3.05) is 20.0 Å². The molecule has 8 heteroatoms. The summed E-state index contributed by atoms with van der Waals surface area (Å²) in [5.41, 5.74) is 9.08. The Balaban J connectivity index is 2.32. The van der Waals surface area contributed by atoms with Gasteiger partial charge in [0.2, 0.25) is 9.84 Å². The van der Waals surface area contributed by atoms with Gasteiger partial charge in [0.15, 0.2) is 0 Å². The highest BCUT2D eigenvalue weighted by atomic mass is 79.9. The highest BCUT2D eigenvalue weighted by Crippen LogP contribution is 2.37. The molecule has 0 heterocycles. The second-order valence-electron chi connectivity index (χ2n) is 7.32. The molecule has 0 atom stereocenters. The van der Waals surface area contributed by atoms with Gasteiger partial charge in [-0.25, -0.2) is 13.2 Å². The molecular formula is C24H24BrNO5S. The van der Waals surface area contributed by atoms with Crippen LogP contribution in [0.4, 0.5) is 5.69 Å². The van der Waals surface area contributed by atoms with Gasteiger partial charge in [0, 0.05) is 10.2 Å². The van der Waals surface area contributed by atoms with E-state index in [0.717, 1.165) is 10.0 Å². The van der Waals surface area contributed by atoms with Gasteiger partial charge in [-0.15, -0.1) is 0 Å². The summed E-state index contributed by atoms with van der Waals surface area (Å²) in [5, 5.41) is 0. The number of halogens is 1. The molecule has 6 nitrogen and oxygen atoms in total. The number of nitrogens with two attached hydrogens (primary N) is 1. The fourth-order valence-corrected chi connectivity index (χ4v) is 5.61. The van der Waals surface area contributed by atoms with Crippen LogP contribution in [0, 0.1) is 13.8 Å². The highest BCUT2D eigenvalue weighted by molar-refractivity contribution is 9.10. The molecule has 2 N–H and O–H groups in total. The number of benzene rings is 3. The van der Waals surface area contributed by atoms with Crippen LogP contribution in [0.1, 0.15) is 32.6 Å². The molecule has 32 heavy (non-hydrogen) atoms. The number of hydrogen-bond acceptors (Lipinski definition) is 6. The van der Waals surface area contributed by atoms with Gasteiger partial charge in [-0.05, 0) is 78.9 Å². The lowest BCUT2D eigenvalue weighted by atomic mass is 9.91. The van der Waals surface area contributed by atoms with Crippen molar-refractivity contribution in [3.63, 3.8) is 0 Å². The van der Waals surface area contributed by atoms with Gasteiger partial charge in [0.25, 0.3) is 0 Å². The molecule has 0 saturated heterocycles. The van der Waals surface area contributed by atoms with E-state index in [2.05, 4.69) is 15.9 Å². The largest absolute Gasteiger partial charge is 0.497 e. The minimum Gasteiger partial charge on any atom is -0.497 e. The van der Waals surface area contributed by atoms with Crippen LogP contribution in [0.5, 0.6) is 5.75 Å². The van der Waals surface area contributed by atoms with Crippen LogP contribution in [0.3, 0.4) is 0 Å². The molecule has 3 aromatic rings. The van der Waals surface area contributed by atoms with Crippen LogP contribution in [-0.2, 0) is 21.0 Å². The van der Waals surface area contributed by atoms with Crippen molar-refractivity contribution in [2.24, 2.45) is 0 Å². The third kappa shape index (κ3) is 4.38. The van der Waals surface area contributed by atoms with Gasteiger partial charge >= 0.3 is 5.97 Å². The van der Waals surface area contributed by atoms with Crippen LogP contribution >= 0.6 is 15.9 Å². The van der Waals surface area contributed by atoms with Crippen molar-refractivity contribution in [1.82, 2.24) is 0 Å². The lowest BCUT2D eigenvalue weighted by Gasteiger charge is -2.21. The monoisotopic (exact) mass is 517 g/mol. The van der Waals surface area contributed by atoms with Gasteiger partial charge < -0.3 is 15.2 Å². The first-order valence-electron chi connectivity index (χ1n) is 9.75. The van der Waals surface area contributed by atoms with E-state index in [-0.39, 0.29) is 15.4 Å². The second-order valence-corrected chi connectivity index (χ2v) is 10.1. The number of hydrogen-bond donors (Lipinski definition) is 1. The van der Waals surface area contributed by atoms with Gasteiger partial charge in [-0.3, -0.25) is 0 Å². The van der Waals surface area contributed by atoms with Crippen LogP contribution in [0.25, 0.3) is 0 Å². The molecule has 0 radical (unpaired) electrons. The lowest BCUT2D eigenvalue weighted by molar-refractivity contribution is 0.0595. The average Bonchev–Trinajstić information content (AvgIpc) is 2.79. The van der Waals surface area contributed by atoms with E-state index < -0.39 is 15.8 Å². The normalized spacial score (nSPS) is 11.3. The first kappa shape index (κ1) is 23.8. The molecule has 0 bridgehead atoms. The summed E-state index contributed by atoms with van der Waals surface area (Å²) in [6.07, 6.45) is 0.319. The molecular weight excluding hydrogens is 494 g/mol. The fraction of sp³-hybridized carbons (Fsp3) is 0.208. The number of esters is 1. The van der Waals surface area contributed by atoms with E-state index >= 15 is 0 Å². The lowest BCUT2D eigenvalue weighted by Crippen LogP contribution is -2.19. The minimum atomic E-state index is -4.09. The van der Waals surface area contributed by atoms with E-state index in [1.807, 2.05) is 24.3 Å². The summed E-state index contributed by atoms with van der Waals surface area (Å²) in [6.45, 7) is 3.39. The maximum atomic E-state index is 13.7. The van der Waals surface area contributed by atoms with Gasteiger partial charge in [-0.1, -0.05) is 28.1 Å². The van der Waals surface area contributed by atoms with Crippen LogP contribution in [0.15, 0.2) is 62.8 Å². The Morgan fingerprint density at radius 2 is 1.56 bits per heavy atom. The molecule has 0 spiro atoms. The summed E-state index contributed by atoms with van der Waals surface area (Å²) in [6, 6.07) is 13.6. The number of nitrogen functional groups attached to an aromatic ring is 1. The molecule has 3 rings (SSSR count). The zero-order chi connectivity index (χ0) is 23.6. The van der Waals surface area contributed by atoms with Crippen molar-refractivity contribution < 1.29 is 22.7 Å². The topological polar surface area (TPSA) is 95.7 Å². The average molecular weight is 518 g/mol. The van der Waals surface area contributed by atoms with Crippen LogP contribution in [0.2, 0.25) is 0 Å². The van der Waals surface area contributed by atoms with Gasteiger partial charge in [-0.2, -0.15) is 0 Å². The zero-order valence-electron chi connectivity index (χ0n) is 18.2. The molecule has 0 saturated carbocycles. The van der Waals surface area contributed by atoms with E-state index in [9.17, 15) is 13.2 Å². The number of ether oxygens (including phenoxy) is 2. The predicted molar refractivity (Wildman–Crippen MR) is 127 cm³/mol. The van der Waals surface area contributed by atoms with Crippen molar-refractivity contribution >= 4 is 37.4 Å². The highest BCUT2D eigenvalue weighted by Gasteiger charge is 2.32. The van der Waals surface area contributed by atoms with Crippen LogP contribution in [-0.4, -0.2) is 28.6 Å². The quantitative estimate of drug-likeness (QED) is 0.370. The Morgan fingerprint density at radius 1 is 0.969 bits per heavy atom. The summed E-state index contributed by atoms with van der Waals surface area (Å²) >= 11 is 3.41. The SMILES string of the molecule is COC(=O)c1c(Cc2ccc(Br)cc2)c(C)c(N)c(C)c1S(=O)(=O)c1ccc(OC)cc1. The van der Waals surface area contributed by atoms with E-state index in [0.29, 0.717) is 34.5 Å². The molecule has 0 amide bonds. The fourth-order valence-electron chi connectivity index (χ4n) is 3.63. The van der Waals surface area contributed by atoms with E-state index in [1.54, 1.807) is 26.0 Å². The summed E-state index contributed by atoms with van der Waals surface area (Å²) < 4.78 is 38.5. The molecule has 0 aliphatic rings. The third-order valence-electron chi connectivity index (χ3n) is 5.45. The number of carbonyl (C=O) groups is 1. The zero-order valence-corrected chi connectivity index (χ0v) is 20.6. The number of rotatable bonds is 6. The summed E-state index contributed by atoms with van der Waals surface area (Å²) in [7, 11) is -1.35. The number of carbonyl (C=O) groups excluding carboxylic acids is 1. The van der Waals surface area contributed by atoms with Crippen molar-refractivity contribution in [3.05, 3.63) is 80.8 Å². The molecule has 0 aromatic heterocycles. The Morgan fingerprint density at radius 3 is 2.09 bits per heavy atom. The summed E-state index contributed by atoms with van der Waals surface area (Å²) in [4.78, 5) is 12.8. The minimum absolute atomic E-state index is 0.00966. The molecule has 0 aliphatic heterocycles. The standard InChI is InChI=1S/C24H24BrNO5S/c1-14-20(13-16-5-7-17(25)8-6-16)21(24(27)31-4)23(15(2)22(14)26)32(28,29)19-11-9-18(30-3)10-12-19/h5-12H,13,26H2,1-4H3. The van der Waals surface area contributed by atoms with Gasteiger partial charge in [0.05, 0.1) is 29.6 Å². The molecule has 3 aromatic carbocycles. The Bertz CT molecular complexity index is 1270. The number of sulfone groups is 1. The predicted octanol–water partition coefficient (Wildman–Crippen LogP) is 4.87. The van der Waals surface area contributed by atoms with E-state index in [1.165, 1.54) is 26.4 Å². The Kier molecular flexibility index (Phi) is 6.95. The maximum Gasteiger partial charge on any atom is 0.339 e. The Hall–Kier alpha value is -2.84. The van der Waals surface area contributed by atoms with Crippen molar-refractivity contribution in [1.29, 1.82) is 0 Å². The van der Waals surface area contributed by atoms with Crippen molar-refractivity contribution in [2.45, 2.75) is 30.1 Å². The number of methoxy groups -OCH3 is 2. The van der Waals surface area contributed by atoms with Crippen molar-refractivity contribution in [3.8, 4) is 5.75 Å². The first-order chi connectivity index (χ1) is 15.1. The molecule has 168 valence electrons. The summed E-state index contributed by atoms with van der Waals surface area (Å²) in [5.74, 6) is -0.205. The van der Waals surface area contributed by atoms with E-state index in [4.69, 9.17) is 15.2 Å². The second kappa shape index (κ2) is 9.34. The van der Waals surface area contributed by atoms with Crippen LogP contribution < -0.4 is 10.5 Å². The molecule has 0 fully saturated rings. The number of anilines is 1. The molecule has 0 aliphatic carbocycles. The third-order valence-corrected chi connectivity index (χ3v) is 7.92. The molecule has 0 unspecified atom stereocenters. The Labute approximate surface area is 196 Å². The maximum absolute atomic E-state index is 13.7. The van der Waals surface area contributed by atoms with Gasteiger partial charge in [0.1, 0.15) is 5.75 Å².